The van der Waals surface area contributed by atoms with E-state index in [-0.39, 0.29) is 5.41 Å². The molecule has 0 aliphatic carbocycles. The van der Waals surface area contributed by atoms with Gasteiger partial charge in [-0.2, -0.15) is 0 Å². The maximum Gasteiger partial charge on any atom is -0.0323 e. The van der Waals surface area contributed by atoms with Crippen LogP contribution in [0.15, 0.2) is 0 Å². The molecule has 2 radical (unpaired) electrons. The summed E-state index contributed by atoms with van der Waals surface area (Å²) in [7, 11) is 0. The highest BCUT2D eigenvalue weighted by Gasteiger charge is 2.06. The molecule has 0 heteroatoms. The second-order valence-corrected chi connectivity index (χ2v) is 2.60. The van der Waals surface area contributed by atoms with Crippen molar-refractivity contribution < 1.29 is 0 Å². The molecule has 0 spiro atoms. The lowest BCUT2D eigenvalue weighted by atomic mass is 9.91. The zero-order chi connectivity index (χ0) is 5.91. The molecule has 0 amide bonds. The lowest BCUT2D eigenvalue weighted by Gasteiger charge is -2.14. The molecular weight excluding hydrogens is 84.1 g/mol. The summed E-state index contributed by atoms with van der Waals surface area (Å²) in [5.41, 5.74) is 0.175. The Morgan fingerprint density at radius 1 is 1.57 bits per heavy atom. The van der Waals surface area contributed by atoms with Gasteiger partial charge in [0.2, 0.25) is 0 Å². The normalized spacial score (nSPS) is 12.0. The molecule has 42 valence electrons. The molecule has 7 heavy (non-hydrogen) atoms. The van der Waals surface area contributed by atoms with Gasteiger partial charge in [-0.15, -0.1) is 0 Å². The predicted octanol–water partition coefficient (Wildman–Crippen LogP) is 2.46. The smallest absolute Gasteiger partial charge is 0.0323 e. The highest BCUT2D eigenvalue weighted by molar-refractivity contribution is 4.85. The summed E-state index contributed by atoms with van der Waals surface area (Å²) in [5, 5.41) is 0. The monoisotopic (exact) mass is 98.1 g/mol. The van der Waals surface area contributed by atoms with Crippen LogP contribution in [0.1, 0.15) is 27.2 Å². The molecule has 0 N–H and O–H groups in total. The molecule has 0 aromatic rings. The molecule has 0 aliphatic heterocycles. The molecule has 0 fully saturated rings. The molecule has 0 aromatic carbocycles. The van der Waals surface area contributed by atoms with E-state index in [9.17, 15) is 0 Å². The van der Waals surface area contributed by atoms with E-state index in [1.165, 1.54) is 0 Å². The van der Waals surface area contributed by atoms with Crippen LogP contribution >= 0.6 is 0 Å². The Morgan fingerprint density at radius 2 is 2.00 bits per heavy atom. The third-order valence-corrected chi connectivity index (χ3v) is 0.757. The first-order chi connectivity index (χ1) is 3.06. The summed E-state index contributed by atoms with van der Waals surface area (Å²) < 4.78 is 0. The van der Waals surface area contributed by atoms with Crippen LogP contribution in [-0.4, -0.2) is 0 Å². The zero-order valence-electron chi connectivity index (χ0n) is 5.49. The van der Waals surface area contributed by atoms with Crippen LogP contribution in [0.5, 0.6) is 0 Å². The Hall–Kier alpha value is 0. The third-order valence-electron chi connectivity index (χ3n) is 0.757. The van der Waals surface area contributed by atoms with E-state index in [1.807, 2.05) is 0 Å². The first kappa shape index (κ1) is 7.00. The van der Waals surface area contributed by atoms with E-state index in [0.29, 0.717) is 0 Å². The molecule has 0 aliphatic rings. The van der Waals surface area contributed by atoms with Gasteiger partial charge in [-0.3, -0.25) is 0 Å². The minimum Gasteiger partial charge on any atom is -0.0651 e. The van der Waals surface area contributed by atoms with Crippen molar-refractivity contribution in [3.8, 4) is 0 Å². The van der Waals surface area contributed by atoms with Crippen molar-refractivity contribution in [1.82, 2.24) is 0 Å². The Labute approximate surface area is 46.9 Å². The van der Waals surface area contributed by atoms with Gasteiger partial charge in [0.05, 0.1) is 0 Å². The fraction of sp³-hybridized carbons (Fsp3) is 0.714. The van der Waals surface area contributed by atoms with Crippen molar-refractivity contribution in [3.63, 3.8) is 0 Å². The Morgan fingerprint density at radius 3 is 2.00 bits per heavy atom. The predicted molar refractivity (Wildman–Crippen MR) is 33.7 cm³/mol. The maximum absolute atomic E-state index is 3.90. The number of hydrogen-bond acceptors (Lipinski definition) is 0. The minimum absolute atomic E-state index is 0.175. The lowest BCUT2D eigenvalue weighted by Crippen LogP contribution is -2.04. The number of rotatable bonds is 2. The van der Waals surface area contributed by atoms with E-state index in [0.717, 1.165) is 6.42 Å². The van der Waals surface area contributed by atoms with Crippen LogP contribution in [0.2, 0.25) is 0 Å². The van der Waals surface area contributed by atoms with Crippen molar-refractivity contribution in [2.75, 3.05) is 0 Å². The average molecular weight is 98.2 g/mol. The molecule has 0 heterocycles. The Kier molecular flexibility index (Phi) is 2.34. The van der Waals surface area contributed by atoms with Crippen LogP contribution in [0.4, 0.5) is 0 Å². The molecule has 0 nitrogen and oxygen atoms in total. The van der Waals surface area contributed by atoms with Crippen LogP contribution in [0.25, 0.3) is 0 Å². The quantitative estimate of drug-likeness (QED) is 0.497. The fourth-order valence-electron chi connectivity index (χ4n) is 0.553. The van der Waals surface area contributed by atoms with Gasteiger partial charge < -0.3 is 0 Å². The summed E-state index contributed by atoms with van der Waals surface area (Å²) >= 11 is 0. The van der Waals surface area contributed by atoms with Crippen molar-refractivity contribution in [3.05, 3.63) is 13.3 Å². The van der Waals surface area contributed by atoms with E-state index < -0.39 is 0 Å². The Balaban J connectivity index is 3.15. The largest absolute Gasteiger partial charge is 0.0651 e. The molecule has 0 saturated carbocycles. The van der Waals surface area contributed by atoms with Gasteiger partial charge in [-0.05, 0) is 18.8 Å². The Bertz CT molecular complexity index is 38.5. The van der Waals surface area contributed by atoms with Gasteiger partial charge in [0, 0.05) is 0 Å². The van der Waals surface area contributed by atoms with Crippen molar-refractivity contribution in [2.45, 2.75) is 27.2 Å². The summed E-state index contributed by atoms with van der Waals surface area (Å²) in [5.74, 6) is 0. The topological polar surface area (TPSA) is 0 Å². The van der Waals surface area contributed by atoms with E-state index in [1.54, 1.807) is 0 Å². The first-order valence-corrected chi connectivity index (χ1v) is 2.76. The van der Waals surface area contributed by atoms with Crippen molar-refractivity contribution in [1.29, 1.82) is 0 Å². The first-order valence-electron chi connectivity index (χ1n) is 2.76. The summed E-state index contributed by atoms with van der Waals surface area (Å²) in [6.45, 7) is 10.3. The minimum atomic E-state index is 0.175. The van der Waals surface area contributed by atoms with E-state index in [4.69, 9.17) is 0 Å². The van der Waals surface area contributed by atoms with Crippen molar-refractivity contribution >= 4 is 0 Å². The zero-order valence-corrected chi connectivity index (χ0v) is 5.49. The summed E-state index contributed by atoms with van der Waals surface area (Å²) in [6.07, 6.45) is 3.32. The lowest BCUT2D eigenvalue weighted by molar-refractivity contribution is 0.545. The van der Waals surface area contributed by atoms with Gasteiger partial charge in [0.25, 0.3) is 0 Å². The van der Waals surface area contributed by atoms with Gasteiger partial charge in [-0.1, -0.05) is 27.2 Å². The summed E-state index contributed by atoms with van der Waals surface area (Å²) in [6, 6.07) is 0. The standard InChI is InChI=1S/C7H14/c1-5-6-7(2,3)4/h6H,2,5H2,1,3-4H3. The van der Waals surface area contributed by atoms with Crippen molar-refractivity contribution in [2.24, 2.45) is 5.41 Å². The molecule has 0 bridgehead atoms. The van der Waals surface area contributed by atoms with Gasteiger partial charge in [0.1, 0.15) is 0 Å². The van der Waals surface area contributed by atoms with Gasteiger partial charge in [-0.25, -0.2) is 0 Å². The van der Waals surface area contributed by atoms with Gasteiger partial charge in [0.15, 0.2) is 0 Å². The van der Waals surface area contributed by atoms with Gasteiger partial charge >= 0.3 is 0 Å². The summed E-state index contributed by atoms with van der Waals surface area (Å²) in [4.78, 5) is 0. The maximum atomic E-state index is 3.90. The van der Waals surface area contributed by atoms with Crippen LogP contribution in [-0.2, 0) is 0 Å². The van der Waals surface area contributed by atoms with Crippen LogP contribution in [0.3, 0.4) is 0 Å². The SMILES string of the molecule is [CH2]C(C)(C)[CH]CC. The second kappa shape index (κ2) is 2.34. The van der Waals surface area contributed by atoms with E-state index in [2.05, 4.69) is 34.1 Å². The third kappa shape index (κ3) is 6.00. The average Bonchev–Trinajstić information content (AvgIpc) is 1.30. The fourth-order valence-corrected chi connectivity index (χ4v) is 0.553. The highest BCUT2D eigenvalue weighted by Crippen LogP contribution is 2.17. The molecule has 0 atom stereocenters. The van der Waals surface area contributed by atoms with Crippen LogP contribution in [0, 0.1) is 18.8 Å². The van der Waals surface area contributed by atoms with E-state index >= 15 is 0 Å². The molecule has 0 saturated heterocycles. The van der Waals surface area contributed by atoms with Crippen LogP contribution < -0.4 is 0 Å². The number of hydrogen-bond donors (Lipinski definition) is 0. The molecule has 0 unspecified atom stereocenters. The molecule has 0 aromatic heterocycles. The molecule has 0 rings (SSSR count). The highest BCUT2D eigenvalue weighted by atomic mass is 14.1. The second-order valence-electron chi connectivity index (χ2n) is 2.60. The molecular formula is C7H14.